The molecule has 1 aliphatic heterocycles. The van der Waals surface area contributed by atoms with E-state index >= 15 is 0 Å². The van der Waals surface area contributed by atoms with Gasteiger partial charge < -0.3 is 15.1 Å². The first-order valence-corrected chi connectivity index (χ1v) is 9.01. The molecular formula is C19H19F2NO3S. The fourth-order valence-corrected chi connectivity index (χ4v) is 3.80. The lowest BCUT2D eigenvalue weighted by Crippen LogP contribution is -2.34. The molecule has 1 fully saturated rings. The van der Waals surface area contributed by atoms with E-state index in [-0.39, 0.29) is 23.3 Å². The Kier molecular flexibility index (Phi) is 5.60. The van der Waals surface area contributed by atoms with E-state index in [2.05, 4.69) is 5.16 Å². The molecule has 0 spiro atoms. The van der Waals surface area contributed by atoms with Gasteiger partial charge in [0, 0.05) is 36.5 Å². The fourth-order valence-electron chi connectivity index (χ4n) is 2.90. The van der Waals surface area contributed by atoms with Crippen LogP contribution in [-0.4, -0.2) is 29.2 Å². The zero-order chi connectivity index (χ0) is 18.7. The van der Waals surface area contributed by atoms with Crippen LogP contribution in [0.5, 0.6) is 0 Å². The van der Waals surface area contributed by atoms with E-state index < -0.39 is 17.2 Å². The van der Waals surface area contributed by atoms with Gasteiger partial charge in [-0.25, -0.2) is 8.78 Å². The van der Waals surface area contributed by atoms with Crippen LogP contribution in [0.2, 0.25) is 0 Å². The predicted octanol–water partition coefficient (Wildman–Crippen LogP) is 4.31. The zero-order valence-corrected chi connectivity index (χ0v) is 15.0. The summed E-state index contributed by atoms with van der Waals surface area (Å²) in [6, 6.07) is 9.14. The third-order valence-electron chi connectivity index (χ3n) is 4.48. The molecule has 0 saturated carbocycles. The highest BCUT2D eigenvalue weighted by Crippen LogP contribution is 2.39. The van der Waals surface area contributed by atoms with Gasteiger partial charge in [-0.2, -0.15) is 0 Å². The van der Waals surface area contributed by atoms with Gasteiger partial charge in [-0.15, -0.1) is 0 Å². The van der Waals surface area contributed by atoms with E-state index in [0.29, 0.717) is 23.8 Å². The molecule has 2 aromatic carbocycles. The van der Waals surface area contributed by atoms with Crippen LogP contribution in [0.15, 0.2) is 51.3 Å². The standard InChI is InChI=1S/C19H19F2NO3S/c1-12(22-24)13-2-4-15(5-3-13)26-17-11-14(20)10-16(18(17)21)19(23)6-8-25-9-7-19/h2-5,10-11,23-24H,6-9H2,1H3. The van der Waals surface area contributed by atoms with Crippen LogP contribution >= 0.6 is 11.8 Å². The number of benzene rings is 2. The molecule has 0 unspecified atom stereocenters. The topological polar surface area (TPSA) is 62.1 Å². The van der Waals surface area contributed by atoms with Crippen LogP contribution in [0.25, 0.3) is 0 Å². The van der Waals surface area contributed by atoms with Crippen molar-refractivity contribution in [1.82, 2.24) is 0 Å². The van der Waals surface area contributed by atoms with Crippen molar-refractivity contribution >= 4 is 17.5 Å². The third-order valence-corrected chi connectivity index (χ3v) is 5.50. The van der Waals surface area contributed by atoms with Crippen LogP contribution in [0, 0.1) is 11.6 Å². The van der Waals surface area contributed by atoms with Gasteiger partial charge in [0.1, 0.15) is 11.6 Å². The molecule has 3 rings (SSSR count). The second-order valence-electron chi connectivity index (χ2n) is 6.22. The first kappa shape index (κ1) is 18.8. The SMILES string of the molecule is CC(=NO)c1ccc(Sc2cc(F)cc(C3(O)CCOCC3)c2F)cc1. The molecule has 0 radical (unpaired) electrons. The summed E-state index contributed by atoms with van der Waals surface area (Å²) in [7, 11) is 0. The van der Waals surface area contributed by atoms with Crippen LogP contribution in [-0.2, 0) is 10.3 Å². The number of aliphatic hydroxyl groups is 1. The second kappa shape index (κ2) is 7.73. The average Bonchev–Trinajstić information content (AvgIpc) is 2.65. The fraction of sp³-hybridized carbons (Fsp3) is 0.316. The van der Waals surface area contributed by atoms with Gasteiger partial charge in [0.05, 0.1) is 16.2 Å². The Morgan fingerprint density at radius 1 is 1.15 bits per heavy atom. The number of rotatable bonds is 4. The van der Waals surface area contributed by atoms with Crippen molar-refractivity contribution < 1.29 is 23.8 Å². The first-order valence-electron chi connectivity index (χ1n) is 8.19. The number of halogens is 2. The minimum Gasteiger partial charge on any atom is -0.411 e. The molecule has 4 nitrogen and oxygen atoms in total. The van der Waals surface area contributed by atoms with E-state index in [0.717, 1.165) is 29.5 Å². The number of ether oxygens (including phenoxy) is 1. The highest BCUT2D eigenvalue weighted by atomic mass is 32.2. The quantitative estimate of drug-likeness (QED) is 0.472. The van der Waals surface area contributed by atoms with Crippen molar-refractivity contribution in [2.24, 2.45) is 5.16 Å². The molecule has 1 heterocycles. The molecule has 2 N–H and O–H groups in total. The Hall–Kier alpha value is -1.96. The maximum atomic E-state index is 15.0. The van der Waals surface area contributed by atoms with Crippen LogP contribution in [0.1, 0.15) is 30.9 Å². The average molecular weight is 379 g/mol. The molecule has 1 aliphatic rings. The lowest BCUT2D eigenvalue weighted by molar-refractivity contribution is -0.0702. The molecule has 0 bridgehead atoms. The number of oxime groups is 1. The molecule has 0 amide bonds. The van der Waals surface area contributed by atoms with Crippen LogP contribution in [0.3, 0.4) is 0 Å². The zero-order valence-electron chi connectivity index (χ0n) is 14.2. The minimum absolute atomic E-state index is 0.0248. The minimum atomic E-state index is -1.42. The predicted molar refractivity (Wildman–Crippen MR) is 94.9 cm³/mol. The van der Waals surface area contributed by atoms with E-state index in [1.54, 1.807) is 31.2 Å². The lowest BCUT2D eigenvalue weighted by Gasteiger charge is -2.33. The summed E-state index contributed by atoms with van der Waals surface area (Å²) in [5, 5.41) is 22.7. The smallest absolute Gasteiger partial charge is 0.143 e. The van der Waals surface area contributed by atoms with Gasteiger partial charge in [-0.3, -0.25) is 0 Å². The number of hydrogen-bond acceptors (Lipinski definition) is 5. The number of hydrogen-bond donors (Lipinski definition) is 2. The van der Waals surface area contributed by atoms with Gasteiger partial charge in [-0.1, -0.05) is 29.1 Å². The monoisotopic (exact) mass is 379 g/mol. The van der Waals surface area contributed by atoms with E-state index in [1.165, 1.54) is 0 Å². The molecule has 26 heavy (non-hydrogen) atoms. The third kappa shape index (κ3) is 3.90. The van der Waals surface area contributed by atoms with Gasteiger partial charge in [0.2, 0.25) is 0 Å². The highest BCUT2D eigenvalue weighted by molar-refractivity contribution is 7.99. The molecule has 1 saturated heterocycles. The molecule has 7 heteroatoms. The van der Waals surface area contributed by atoms with Gasteiger partial charge >= 0.3 is 0 Å². The molecule has 138 valence electrons. The second-order valence-corrected chi connectivity index (χ2v) is 7.34. The van der Waals surface area contributed by atoms with E-state index in [9.17, 15) is 13.9 Å². The summed E-state index contributed by atoms with van der Waals surface area (Å²) >= 11 is 1.07. The summed E-state index contributed by atoms with van der Waals surface area (Å²) in [5.74, 6) is -1.21. The molecule has 0 atom stereocenters. The lowest BCUT2D eigenvalue weighted by atomic mass is 9.86. The van der Waals surface area contributed by atoms with E-state index in [1.807, 2.05) is 0 Å². The summed E-state index contributed by atoms with van der Waals surface area (Å²) in [5.41, 5.74) is -0.252. The van der Waals surface area contributed by atoms with Crippen molar-refractivity contribution in [2.75, 3.05) is 13.2 Å². The maximum Gasteiger partial charge on any atom is 0.143 e. The van der Waals surface area contributed by atoms with Gasteiger partial charge in [0.25, 0.3) is 0 Å². The summed E-state index contributed by atoms with van der Waals surface area (Å²) in [6.07, 6.45) is 0.456. The molecule has 0 aliphatic carbocycles. The van der Waals surface area contributed by atoms with Crippen molar-refractivity contribution in [2.45, 2.75) is 35.2 Å². The Morgan fingerprint density at radius 3 is 2.42 bits per heavy atom. The van der Waals surface area contributed by atoms with Crippen LogP contribution in [0.4, 0.5) is 8.78 Å². The van der Waals surface area contributed by atoms with Crippen molar-refractivity contribution in [3.05, 3.63) is 59.2 Å². The van der Waals surface area contributed by atoms with Crippen molar-refractivity contribution in [1.29, 1.82) is 0 Å². The Bertz CT molecular complexity index is 818. The van der Waals surface area contributed by atoms with Gasteiger partial charge in [-0.05, 0) is 36.8 Å². The largest absolute Gasteiger partial charge is 0.411 e. The highest BCUT2D eigenvalue weighted by Gasteiger charge is 2.35. The Balaban J connectivity index is 1.91. The van der Waals surface area contributed by atoms with E-state index in [4.69, 9.17) is 9.94 Å². The summed E-state index contributed by atoms with van der Waals surface area (Å²) in [6.45, 7) is 2.28. The normalized spacial score (nSPS) is 17.3. The van der Waals surface area contributed by atoms with Crippen molar-refractivity contribution in [3.63, 3.8) is 0 Å². The first-order chi connectivity index (χ1) is 12.4. The van der Waals surface area contributed by atoms with Gasteiger partial charge in [0.15, 0.2) is 0 Å². The van der Waals surface area contributed by atoms with Crippen molar-refractivity contribution in [3.8, 4) is 0 Å². The Morgan fingerprint density at radius 2 is 1.81 bits per heavy atom. The summed E-state index contributed by atoms with van der Waals surface area (Å²) < 4.78 is 34.3. The molecule has 2 aromatic rings. The molecular weight excluding hydrogens is 360 g/mol. The number of nitrogens with zero attached hydrogens (tertiary/aromatic N) is 1. The maximum absolute atomic E-state index is 15.0. The van der Waals surface area contributed by atoms with Crippen LogP contribution < -0.4 is 0 Å². The summed E-state index contributed by atoms with van der Waals surface area (Å²) in [4.78, 5) is 0.814. The molecule has 0 aromatic heterocycles. The Labute approximate surface area is 154 Å².